The van der Waals surface area contributed by atoms with E-state index in [4.69, 9.17) is 4.74 Å². The molecule has 0 aromatic heterocycles. The van der Waals surface area contributed by atoms with Crippen molar-refractivity contribution in [2.24, 2.45) is 5.41 Å². The Hall–Kier alpha value is -1.59. The molecular formula is C21H31NO4. The van der Waals surface area contributed by atoms with Crippen LogP contribution in [-0.2, 0) is 24.2 Å². The van der Waals surface area contributed by atoms with Gasteiger partial charge in [0.05, 0.1) is 18.1 Å². The van der Waals surface area contributed by atoms with Crippen molar-refractivity contribution in [1.29, 1.82) is 0 Å². The normalized spacial score (nSPS) is 25.9. The maximum absolute atomic E-state index is 11.8. The van der Waals surface area contributed by atoms with E-state index < -0.39 is 17.5 Å². The minimum atomic E-state index is -0.994. The number of aliphatic carboxylic acids is 1. The molecule has 2 atom stereocenters. The van der Waals surface area contributed by atoms with Crippen LogP contribution in [-0.4, -0.2) is 46.9 Å². The van der Waals surface area contributed by atoms with Gasteiger partial charge in [0.1, 0.15) is 5.75 Å². The molecule has 1 saturated heterocycles. The largest absolute Gasteiger partial charge is 0.494 e. The van der Waals surface area contributed by atoms with E-state index in [1.807, 2.05) is 13.8 Å². The lowest BCUT2D eigenvalue weighted by Gasteiger charge is -2.43. The van der Waals surface area contributed by atoms with Crippen molar-refractivity contribution in [3.05, 3.63) is 28.8 Å². The van der Waals surface area contributed by atoms with Gasteiger partial charge in [0.25, 0.3) is 0 Å². The summed E-state index contributed by atoms with van der Waals surface area (Å²) in [7, 11) is 0. The number of hydrogen-bond donors (Lipinski definition) is 2. The molecule has 0 radical (unpaired) electrons. The fourth-order valence-electron chi connectivity index (χ4n) is 4.58. The van der Waals surface area contributed by atoms with Gasteiger partial charge in [0, 0.05) is 18.7 Å². The van der Waals surface area contributed by atoms with E-state index in [2.05, 4.69) is 17.0 Å². The molecule has 1 fully saturated rings. The number of piperidine rings is 1. The van der Waals surface area contributed by atoms with Gasteiger partial charge in [-0.2, -0.15) is 0 Å². The van der Waals surface area contributed by atoms with E-state index in [0.29, 0.717) is 39.1 Å². The summed E-state index contributed by atoms with van der Waals surface area (Å²) in [6.07, 6.45) is 4.39. The first-order valence-electron chi connectivity index (χ1n) is 9.91. The number of β-amino-alcohol motifs (C(OH)–C–C–N with tert-alkyl or cyclic N) is 1. The Labute approximate surface area is 156 Å². The van der Waals surface area contributed by atoms with Gasteiger partial charge in [-0.25, -0.2) is 0 Å². The van der Waals surface area contributed by atoms with Crippen LogP contribution in [0.5, 0.6) is 5.75 Å². The van der Waals surface area contributed by atoms with Gasteiger partial charge in [0.2, 0.25) is 0 Å². The monoisotopic (exact) mass is 361 g/mol. The number of carbonyl (C=O) groups is 1. The molecule has 1 aromatic rings. The number of carboxylic acid groups (broad SMARTS) is 1. The highest BCUT2D eigenvalue weighted by Crippen LogP contribution is 2.38. The second kappa shape index (κ2) is 7.97. The van der Waals surface area contributed by atoms with Crippen molar-refractivity contribution in [3.8, 4) is 5.75 Å². The Morgan fingerprint density at radius 1 is 1.31 bits per heavy atom. The molecule has 1 aromatic carbocycles. The molecule has 1 aliphatic carbocycles. The standard InChI is InChI=1S/C21H31NO4/c1-3-8-21(20(24)25)9-10-22(14-19(21)23)13-17-11-15-6-5-7-16(15)12-18(17)26-4-2/h11-12,19,23H,3-10,13-14H2,1-2H3,(H,24,25)/t19-,21-/m0/s1. The van der Waals surface area contributed by atoms with Gasteiger partial charge in [-0.3, -0.25) is 9.69 Å². The van der Waals surface area contributed by atoms with Crippen LogP contribution in [0.4, 0.5) is 0 Å². The van der Waals surface area contributed by atoms with E-state index in [-0.39, 0.29) is 0 Å². The molecule has 5 nitrogen and oxygen atoms in total. The molecule has 2 aliphatic rings. The van der Waals surface area contributed by atoms with Crippen LogP contribution >= 0.6 is 0 Å². The molecule has 5 heteroatoms. The molecule has 2 N–H and O–H groups in total. The van der Waals surface area contributed by atoms with Crippen LogP contribution in [0, 0.1) is 5.41 Å². The number of aliphatic hydroxyl groups is 1. The van der Waals surface area contributed by atoms with Crippen LogP contribution in [0.2, 0.25) is 0 Å². The average molecular weight is 361 g/mol. The Bertz CT molecular complexity index is 660. The van der Waals surface area contributed by atoms with Crippen molar-refractivity contribution in [3.63, 3.8) is 0 Å². The lowest BCUT2D eigenvalue weighted by molar-refractivity contribution is -0.164. The van der Waals surface area contributed by atoms with E-state index in [1.54, 1.807) is 0 Å². The number of aryl methyl sites for hydroxylation is 2. The number of rotatable bonds is 7. The van der Waals surface area contributed by atoms with Gasteiger partial charge in [0.15, 0.2) is 0 Å². The highest BCUT2D eigenvalue weighted by molar-refractivity contribution is 5.75. The van der Waals surface area contributed by atoms with Crippen molar-refractivity contribution < 1.29 is 19.7 Å². The minimum absolute atomic E-state index is 0.398. The Morgan fingerprint density at radius 3 is 2.65 bits per heavy atom. The first-order valence-corrected chi connectivity index (χ1v) is 9.91. The zero-order chi connectivity index (χ0) is 18.7. The van der Waals surface area contributed by atoms with Gasteiger partial charge in [-0.1, -0.05) is 19.4 Å². The molecule has 26 heavy (non-hydrogen) atoms. The summed E-state index contributed by atoms with van der Waals surface area (Å²) in [5.41, 5.74) is 2.96. The summed E-state index contributed by atoms with van der Waals surface area (Å²) in [5.74, 6) is 0.0744. The molecule has 0 amide bonds. The Kier molecular flexibility index (Phi) is 5.88. The summed E-state index contributed by atoms with van der Waals surface area (Å²) >= 11 is 0. The van der Waals surface area contributed by atoms with Crippen LogP contribution in [0.1, 0.15) is 56.2 Å². The van der Waals surface area contributed by atoms with E-state index in [0.717, 1.165) is 30.6 Å². The second-order valence-corrected chi connectivity index (χ2v) is 7.73. The first kappa shape index (κ1) is 19.2. The Balaban J connectivity index is 1.75. The molecule has 1 aliphatic heterocycles. The van der Waals surface area contributed by atoms with E-state index in [1.165, 1.54) is 17.5 Å². The quantitative estimate of drug-likeness (QED) is 0.781. The number of fused-ring (bicyclic) bond motifs is 1. The topological polar surface area (TPSA) is 70.0 Å². The predicted octanol–water partition coefficient (Wildman–Crippen LogP) is 3.01. The summed E-state index contributed by atoms with van der Waals surface area (Å²) < 4.78 is 5.87. The molecule has 0 saturated carbocycles. The highest BCUT2D eigenvalue weighted by Gasteiger charge is 2.47. The molecule has 0 unspecified atom stereocenters. The fraction of sp³-hybridized carbons (Fsp3) is 0.667. The molecule has 0 bridgehead atoms. The van der Waals surface area contributed by atoms with Gasteiger partial charge in [-0.15, -0.1) is 0 Å². The number of hydrogen-bond acceptors (Lipinski definition) is 4. The highest BCUT2D eigenvalue weighted by atomic mass is 16.5. The zero-order valence-electron chi connectivity index (χ0n) is 16.0. The maximum Gasteiger partial charge on any atom is 0.312 e. The lowest BCUT2D eigenvalue weighted by Crippen LogP contribution is -2.54. The summed E-state index contributed by atoms with van der Waals surface area (Å²) in [6, 6.07) is 4.44. The Morgan fingerprint density at radius 2 is 2.04 bits per heavy atom. The number of carboxylic acids is 1. The second-order valence-electron chi connectivity index (χ2n) is 7.73. The molecule has 144 valence electrons. The number of likely N-dealkylation sites (tertiary alicyclic amines) is 1. The van der Waals surface area contributed by atoms with Crippen LogP contribution < -0.4 is 4.74 Å². The molecule has 3 rings (SSSR count). The minimum Gasteiger partial charge on any atom is -0.494 e. The predicted molar refractivity (Wildman–Crippen MR) is 101 cm³/mol. The van der Waals surface area contributed by atoms with Crippen LogP contribution in [0.15, 0.2) is 12.1 Å². The van der Waals surface area contributed by atoms with E-state index in [9.17, 15) is 15.0 Å². The van der Waals surface area contributed by atoms with Crippen LogP contribution in [0.3, 0.4) is 0 Å². The van der Waals surface area contributed by atoms with Gasteiger partial charge >= 0.3 is 5.97 Å². The average Bonchev–Trinajstić information content (AvgIpc) is 3.05. The van der Waals surface area contributed by atoms with Gasteiger partial charge in [-0.05, 0) is 62.8 Å². The van der Waals surface area contributed by atoms with Crippen molar-refractivity contribution in [2.75, 3.05) is 19.7 Å². The number of ether oxygens (including phenoxy) is 1. The SMILES string of the molecule is CCC[C@]1(C(=O)O)CCN(Cc2cc3c(cc2OCC)CCC3)C[C@@H]1O. The smallest absolute Gasteiger partial charge is 0.312 e. The third-order valence-corrected chi connectivity index (χ3v) is 6.03. The molecule has 1 heterocycles. The van der Waals surface area contributed by atoms with Crippen molar-refractivity contribution in [2.45, 2.75) is 65.0 Å². The summed E-state index contributed by atoms with van der Waals surface area (Å²) in [6.45, 7) is 6.38. The van der Waals surface area contributed by atoms with Crippen LogP contribution in [0.25, 0.3) is 0 Å². The zero-order valence-corrected chi connectivity index (χ0v) is 16.0. The third kappa shape index (κ3) is 3.60. The molecule has 0 spiro atoms. The number of aliphatic hydroxyl groups excluding tert-OH is 1. The fourth-order valence-corrected chi connectivity index (χ4v) is 4.58. The maximum atomic E-state index is 11.8. The van der Waals surface area contributed by atoms with Gasteiger partial charge < -0.3 is 14.9 Å². The number of benzene rings is 1. The first-order chi connectivity index (χ1) is 12.5. The summed E-state index contributed by atoms with van der Waals surface area (Å²) in [4.78, 5) is 14.0. The van der Waals surface area contributed by atoms with Crippen molar-refractivity contribution >= 4 is 5.97 Å². The lowest BCUT2D eigenvalue weighted by atomic mass is 9.72. The van der Waals surface area contributed by atoms with Crippen molar-refractivity contribution in [1.82, 2.24) is 4.90 Å². The number of nitrogens with zero attached hydrogens (tertiary/aromatic N) is 1. The summed E-state index contributed by atoms with van der Waals surface area (Å²) in [5, 5.41) is 20.3. The third-order valence-electron chi connectivity index (χ3n) is 6.03. The molecular weight excluding hydrogens is 330 g/mol. The van der Waals surface area contributed by atoms with E-state index >= 15 is 0 Å².